The molecule has 0 bridgehead atoms. The zero-order valence-electron chi connectivity index (χ0n) is 22.2. The van der Waals surface area contributed by atoms with E-state index in [0.29, 0.717) is 36.9 Å². The maximum absolute atomic E-state index is 12.6. The summed E-state index contributed by atoms with van der Waals surface area (Å²) in [6.07, 6.45) is -0.523. The Balaban J connectivity index is 1.97. The Morgan fingerprint density at radius 2 is 1.91 bits per heavy atom. The van der Waals surface area contributed by atoms with Crippen molar-refractivity contribution in [2.24, 2.45) is 0 Å². The molecule has 2 aromatic rings. The van der Waals surface area contributed by atoms with Gasteiger partial charge in [0.15, 0.2) is 0 Å². The second kappa shape index (κ2) is 11.0. The molecule has 0 radical (unpaired) electrons. The first-order valence-corrected chi connectivity index (χ1v) is 15.9. The third-order valence-corrected chi connectivity index (χ3v) is 7.36. The Kier molecular flexibility index (Phi) is 8.50. The van der Waals surface area contributed by atoms with Crippen LogP contribution in [0.15, 0.2) is 18.2 Å². The highest BCUT2D eigenvalue weighted by atomic mass is 28.3. The standard InChI is InChI=1S/C25H41N5O4Si/c1-18-22(26)23(30(28-18)17-33-14-15-35(5,6)7)20-16-19(29-10-12-32-13-11-29)8-9-21(20)27-24(31)34-25(2,3)4/h8-9,16H,10-15,17,26H2,1-7H3,(H,27,31). The van der Waals surface area contributed by atoms with Crippen LogP contribution < -0.4 is 16.0 Å². The Labute approximate surface area is 209 Å². The van der Waals surface area contributed by atoms with Crippen molar-refractivity contribution in [3.8, 4) is 11.3 Å². The molecule has 1 aliphatic rings. The number of nitrogens with one attached hydrogen (secondary N) is 1. The highest BCUT2D eigenvalue weighted by molar-refractivity contribution is 6.76. The molecule has 3 N–H and O–H groups in total. The number of aryl methyl sites for hydroxylation is 1. The quantitative estimate of drug-likeness (QED) is 0.388. The molecule has 0 unspecified atom stereocenters. The van der Waals surface area contributed by atoms with Gasteiger partial charge in [0.25, 0.3) is 0 Å². The Hall–Kier alpha value is -2.56. The zero-order valence-corrected chi connectivity index (χ0v) is 23.2. The molecular formula is C25H41N5O4Si. The number of anilines is 3. The summed E-state index contributed by atoms with van der Waals surface area (Å²) in [5.74, 6) is 0. The molecular weight excluding hydrogens is 462 g/mol. The molecule has 9 nitrogen and oxygen atoms in total. The minimum Gasteiger partial charge on any atom is -0.444 e. The molecule has 10 heteroatoms. The predicted molar refractivity (Wildman–Crippen MR) is 144 cm³/mol. The fraction of sp³-hybridized carbons (Fsp3) is 0.600. The van der Waals surface area contributed by atoms with Crippen LogP contribution in [0.25, 0.3) is 11.3 Å². The lowest BCUT2D eigenvalue weighted by molar-refractivity contribution is 0.0636. The molecule has 1 amide bonds. The number of carbonyl (C=O) groups excluding carboxylic acids is 1. The minimum absolute atomic E-state index is 0.283. The molecule has 194 valence electrons. The minimum atomic E-state index is -1.21. The maximum Gasteiger partial charge on any atom is 0.412 e. The lowest BCUT2D eigenvalue weighted by Crippen LogP contribution is -2.36. The SMILES string of the molecule is Cc1nn(COCC[Si](C)(C)C)c(-c2cc(N3CCOCC3)ccc2NC(=O)OC(C)(C)C)c1N. The van der Waals surface area contributed by atoms with E-state index in [9.17, 15) is 4.79 Å². The van der Waals surface area contributed by atoms with E-state index in [1.54, 1.807) is 4.68 Å². The van der Waals surface area contributed by atoms with Gasteiger partial charge >= 0.3 is 6.09 Å². The topological polar surface area (TPSA) is 104 Å². The second-order valence-electron chi connectivity index (χ2n) is 11.2. The molecule has 2 heterocycles. The van der Waals surface area contributed by atoms with Gasteiger partial charge in [-0.25, -0.2) is 9.48 Å². The fourth-order valence-corrected chi connectivity index (χ4v) is 4.53. The lowest BCUT2D eigenvalue weighted by Gasteiger charge is -2.29. The largest absolute Gasteiger partial charge is 0.444 e. The number of amides is 1. The molecule has 0 aliphatic carbocycles. The van der Waals surface area contributed by atoms with Gasteiger partial charge in [-0.05, 0) is 51.9 Å². The summed E-state index contributed by atoms with van der Waals surface area (Å²) in [4.78, 5) is 14.9. The van der Waals surface area contributed by atoms with Crippen molar-refractivity contribution >= 4 is 31.2 Å². The van der Waals surface area contributed by atoms with Gasteiger partial charge in [-0.2, -0.15) is 5.10 Å². The number of hydrogen-bond acceptors (Lipinski definition) is 7. The molecule has 1 saturated heterocycles. The number of nitrogens with two attached hydrogens (primary N) is 1. The third-order valence-electron chi connectivity index (χ3n) is 5.65. The van der Waals surface area contributed by atoms with Gasteiger partial charge in [-0.15, -0.1) is 0 Å². The van der Waals surface area contributed by atoms with Gasteiger partial charge < -0.3 is 24.8 Å². The van der Waals surface area contributed by atoms with Crippen molar-refractivity contribution in [2.75, 3.05) is 48.9 Å². The summed E-state index contributed by atoms with van der Waals surface area (Å²) in [6.45, 7) is 18.3. The van der Waals surface area contributed by atoms with Crippen LogP contribution in [0.2, 0.25) is 25.7 Å². The average molecular weight is 504 g/mol. The van der Waals surface area contributed by atoms with Gasteiger partial charge in [-0.3, -0.25) is 5.32 Å². The molecule has 1 fully saturated rings. The summed E-state index contributed by atoms with van der Waals surface area (Å²) in [7, 11) is -1.21. The van der Waals surface area contributed by atoms with Gasteiger partial charge in [0, 0.05) is 39.0 Å². The summed E-state index contributed by atoms with van der Waals surface area (Å²) >= 11 is 0. The molecule has 35 heavy (non-hydrogen) atoms. The Morgan fingerprint density at radius 1 is 1.23 bits per heavy atom. The van der Waals surface area contributed by atoms with Gasteiger partial charge in [0.1, 0.15) is 12.3 Å². The van der Waals surface area contributed by atoms with Crippen LogP contribution in [-0.4, -0.2) is 62.5 Å². The van der Waals surface area contributed by atoms with Crippen molar-refractivity contribution in [3.05, 3.63) is 23.9 Å². The second-order valence-corrected chi connectivity index (χ2v) is 16.8. The van der Waals surface area contributed by atoms with Gasteiger partial charge in [0.2, 0.25) is 0 Å². The van der Waals surface area contributed by atoms with Crippen LogP contribution in [0.1, 0.15) is 26.5 Å². The summed E-state index contributed by atoms with van der Waals surface area (Å²) in [5, 5.41) is 7.55. The maximum atomic E-state index is 12.6. The number of rotatable bonds is 8. The number of nitrogen functional groups attached to an aromatic ring is 1. The van der Waals surface area contributed by atoms with Crippen LogP contribution in [-0.2, 0) is 20.9 Å². The average Bonchev–Trinajstić information content (AvgIpc) is 3.03. The Bertz CT molecular complexity index is 1020. The van der Waals surface area contributed by atoms with Crippen LogP contribution >= 0.6 is 0 Å². The normalized spacial score (nSPS) is 14.8. The number of morpholine rings is 1. The molecule has 1 aromatic heterocycles. The molecule has 1 aliphatic heterocycles. The molecule has 0 spiro atoms. The predicted octanol–water partition coefficient (Wildman–Crippen LogP) is 4.94. The summed E-state index contributed by atoms with van der Waals surface area (Å²) < 4.78 is 18.8. The monoisotopic (exact) mass is 503 g/mol. The van der Waals surface area contributed by atoms with Crippen LogP contribution in [0.4, 0.5) is 21.9 Å². The van der Waals surface area contributed by atoms with Gasteiger partial charge in [0.05, 0.1) is 36.0 Å². The highest BCUT2D eigenvalue weighted by Gasteiger charge is 2.23. The fourth-order valence-electron chi connectivity index (χ4n) is 3.77. The van der Waals surface area contributed by atoms with E-state index >= 15 is 0 Å². The van der Waals surface area contributed by atoms with Crippen molar-refractivity contribution in [1.82, 2.24) is 9.78 Å². The van der Waals surface area contributed by atoms with Crippen molar-refractivity contribution < 1.29 is 19.0 Å². The van der Waals surface area contributed by atoms with Crippen LogP contribution in [0.5, 0.6) is 0 Å². The zero-order chi connectivity index (χ0) is 25.8. The van der Waals surface area contributed by atoms with Crippen molar-refractivity contribution in [3.63, 3.8) is 0 Å². The van der Waals surface area contributed by atoms with E-state index in [4.69, 9.17) is 19.9 Å². The highest BCUT2D eigenvalue weighted by Crippen LogP contribution is 2.37. The summed E-state index contributed by atoms with van der Waals surface area (Å²) in [5.41, 5.74) is 10.3. The number of benzene rings is 1. The van der Waals surface area contributed by atoms with Crippen molar-refractivity contribution in [1.29, 1.82) is 0 Å². The molecule has 1 aromatic carbocycles. The van der Waals surface area contributed by atoms with E-state index in [0.717, 1.165) is 36.1 Å². The first-order chi connectivity index (χ1) is 16.3. The number of nitrogens with zero attached hydrogens (tertiary/aromatic N) is 3. The Morgan fingerprint density at radius 3 is 2.54 bits per heavy atom. The van der Waals surface area contributed by atoms with Gasteiger partial charge in [-0.1, -0.05) is 19.6 Å². The van der Waals surface area contributed by atoms with Crippen LogP contribution in [0.3, 0.4) is 0 Å². The van der Waals surface area contributed by atoms with Crippen LogP contribution in [0, 0.1) is 6.92 Å². The number of ether oxygens (including phenoxy) is 3. The van der Waals surface area contributed by atoms with E-state index in [2.05, 4.69) is 35.0 Å². The first kappa shape index (κ1) is 27.0. The smallest absolute Gasteiger partial charge is 0.412 e. The lowest BCUT2D eigenvalue weighted by atomic mass is 10.1. The van der Waals surface area contributed by atoms with Crippen molar-refractivity contribution in [2.45, 2.75) is 65.7 Å². The van der Waals surface area contributed by atoms with E-state index < -0.39 is 19.8 Å². The first-order valence-electron chi connectivity index (χ1n) is 12.2. The van der Waals surface area contributed by atoms with E-state index in [1.807, 2.05) is 45.9 Å². The summed E-state index contributed by atoms with van der Waals surface area (Å²) in [6, 6.07) is 7.00. The van der Waals surface area contributed by atoms with E-state index in [-0.39, 0.29) is 6.73 Å². The van der Waals surface area contributed by atoms with E-state index in [1.165, 1.54) is 0 Å². The number of aromatic nitrogens is 2. The molecule has 0 saturated carbocycles. The number of hydrogen-bond donors (Lipinski definition) is 2. The molecule has 0 atom stereocenters. The third kappa shape index (κ3) is 7.71. The molecule has 3 rings (SSSR count). The number of carbonyl (C=O) groups is 1.